The average Bonchev–Trinajstić information content (AvgIpc) is 2.55. The molecule has 0 saturated heterocycles. The van der Waals surface area contributed by atoms with E-state index < -0.39 is 0 Å². The summed E-state index contributed by atoms with van der Waals surface area (Å²) in [5, 5.41) is 4.84. The van der Waals surface area contributed by atoms with Crippen molar-refractivity contribution in [1.82, 2.24) is 9.97 Å². The van der Waals surface area contributed by atoms with Crippen molar-refractivity contribution in [3.8, 4) is 0 Å². The van der Waals surface area contributed by atoms with Gasteiger partial charge in [-0.3, -0.25) is 9.78 Å². The Bertz CT molecular complexity index is 950. The SMILES string of the molecule is CC(C)(CNc1nc2ccccc2c(=O)[nH]1)c1ccc(Cl)c(Cl)c1. The van der Waals surface area contributed by atoms with Crippen LogP contribution >= 0.6 is 23.2 Å². The molecule has 4 nitrogen and oxygen atoms in total. The minimum Gasteiger partial charge on any atom is -0.355 e. The van der Waals surface area contributed by atoms with Crippen molar-refractivity contribution in [2.45, 2.75) is 19.3 Å². The minimum atomic E-state index is -0.224. The lowest BCUT2D eigenvalue weighted by Crippen LogP contribution is -2.29. The predicted molar refractivity (Wildman–Crippen MR) is 100 cm³/mol. The Kier molecular flexibility index (Phi) is 4.52. The number of hydrogen-bond donors (Lipinski definition) is 2. The van der Waals surface area contributed by atoms with Crippen LogP contribution in [0.25, 0.3) is 10.9 Å². The smallest absolute Gasteiger partial charge is 0.260 e. The lowest BCUT2D eigenvalue weighted by molar-refractivity contribution is 0.555. The second kappa shape index (κ2) is 6.46. The van der Waals surface area contributed by atoms with Crippen molar-refractivity contribution in [3.63, 3.8) is 0 Å². The third kappa shape index (κ3) is 3.40. The second-order valence-electron chi connectivity index (χ2n) is 6.30. The Morgan fingerprint density at radius 1 is 1.12 bits per heavy atom. The molecule has 0 radical (unpaired) electrons. The zero-order chi connectivity index (χ0) is 17.3. The maximum absolute atomic E-state index is 12.1. The molecule has 1 heterocycles. The zero-order valence-electron chi connectivity index (χ0n) is 13.4. The summed E-state index contributed by atoms with van der Waals surface area (Å²) in [5.74, 6) is 0.451. The molecule has 124 valence electrons. The second-order valence-corrected chi connectivity index (χ2v) is 7.11. The van der Waals surface area contributed by atoms with Gasteiger partial charge >= 0.3 is 0 Å². The molecule has 0 aliphatic rings. The van der Waals surface area contributed by atoms with E-state index in [2.05, 4.69) is 29.1 Å². The largest absolute Gasteiger partial charge is 0.355 e. The van der Waals surface area contributed by atoms with Gasteiger partial charge in [0, 0.05) is 12.0 Å². The molecule has 0 spiro atoms. The first-order valence-corrected chi connectivity index (χ1v) is 8.31. The summed E-state index contributed by atoms with van der Waals surface area (Å²) in [6, 6.07) is 12.9. The fraction of sp³-hybridized carbons (Fsp3) is 0.222. The highest BCUT2D eigenvalue weighted by Gasteiger charge is 2.21. The maximum Gasteiger partial charge on any atom is 0.260 e. The van der Waals surface area contributed by atoms with E-state index in [0.717, 1.165) is 5.56 Å². The summed E-state index contributed by atoms with van der Waals surface area (Å²) >= 11 is 12.1. The van der Waals surface area contributed by atoms with Gasteiger partial charge in [-0.2, -0.15) is 0 Å². The van der Waals surface area contributed by atoms with Crippen LogP contribution in [-0.4, -0.2) is 16.5 Å². The molecule has 0 fully saturated rings. The predicted octanol–water partition coefficient (Wildman–Crippen LogP) is 4.62. The van der Waals surface area contributed by atoms with Crippen molar-refractivity contribution in [2.75, 3.05) is 11.9 Å². The molecule has 0 unspecified atom stereocenters. The number of nitrogens with zero attached hydrogens (tertiary/aromatic N) is 1. The number of benzene rings is 2. The summed E-state index contributed by atoms with van der Waals surface area (Å²) in [6.07, 6.45) is 0. The third-order valence-corrected chi connectivity index (χ3v) is 4.75. The number of anilines is 1. The molecular weight excluding hydrogens is 345 g/mol. The van der Waals surface area contributed by atoms with Gasteiger partial charge in [-0.05, 0) is 29.8 Å². The van der Waals surface area contributed by atoms with Crippen LogP contribution in [0.2, 0.25) is 10.0 Å². The number of hydrogen-bond acceptors (Lipinski definition) is 3. The van der Waals surface area contributed by atoms with Gasteiger partial charge in [-0.15, -0.1) is 0 Å². The van der Waals surface area contributed by atoms with Gasteiger partial charge in [0.05, 0.1) is 20.9 Å². The standard InChI is InChI=1S/C18H17Cl2N3O/c1-18(2,11-7-8-13(19)14(20)9-11)10-21-17-22-15-6-4-3-5-12(15)16(24)23-17/h3-9H,10H2,1-2H3,(H2,21,22,23,24). The molecular formula is C18H17Cl2N3O. The summed E-state index contributed by atoms with van der Waals surface area (Å²) in [6.45, 7) is 4.74. The molecule has 6 heteroatoms. The van der Waals surface area contributed by atoms with Crippen molar-refractivity contribution in [1.29, 1.82) is 0 Å². The Balaban J connectivity index is 1.84. The minimum absolute atomic E-state index is 0.157. The molecule has 2 aromatic carbocycles. The number of fused-ring (bicyclic) bond motifs is 1. The summed E-state index contributed by atoms with van der Waals surface area (Å²) in [4.78, 5) is 19.3. The van der Waals surface area contributed by atoms with Crippen molar-refractivity contribution < 1.29 is 0 Å². The van der Waals surface area contributed by atoms with E-state index in [-0.39, 0.29) is 11.0 Å². The van der Waals surface area contributed by atoms with Crippen LogP contribution in [0.4, 0.5) is 5.95 Å². The van der Waals surface area contributed by atoms with Gasteiger partial charge < -0.3 is 5.32 Å². The number of H-pyrrole nitrogens is 1. The first kappa shape index (κ1) is 16.8. The van der Waals surface area contributed by atoms with E-state index in [9.17, 15) is 4.79 Å². The van der Waals surface area contributed by atoms with E-state index in [1.807, 2.05) is 30.3 Å². The van der Waals surface area contributed by atoms with E-state index >= 15 is 0 Å². The summed E-state index contributed by atoms with van der Waals surface area (Å²) in [5.41, 5.74) is 1.33. The normalized spacial score (nSPS) is 11.7. The molecule has 0 atom stereocenters. The van der Waals surface area contributed by atoms with Crippen LogP contribution in [0.5, 0.6) is 0 Å². The lowest BCUT2D eigenvalue weighted by atomic mass is 9.84. The molecule has 0 bridgehead atoms. The number of rotatable bonds is 4. The first-order valence-electron chi connectivity index (χ1n) is 7.55. The van der Waals surface area contributed by atoms with Crippen molar-refractivity contribution in [2.24, 2.45) is 0 Å². The highest BCUT2D eigenvalue weighted by molar-refractivity contribution is 6.42. The van der Waals surface area contributed by atoms with E-state index in [1.54, 1.807) is 12.1 Å². The highest BCUT2D eigenvalue weighted by Crippen LogP contribution is 2.30. The molecule has 0 aliphatic carbocycles. The topological polar surface area (TPSA) is 57.8 Å². The Labute approximate surface area is 149 Å². The molecule has 24 heavy (non-hydrogen) atoms. The Hall–Kier alpha value is -2.04. The van der Waals surface area contributed by atoms with E-state index in [4.69, 9.17) is 23.2 Å². The molecule has 0 saturated carbocycles. The van der Waals surface area contributed by atoms with Crippen molar-refractivity contribution >= 4 is 40.1 Å². The number of aromatic nitrogens is 2. The number of aromatic amines is 1. The summed E-state index contributed by atoms with van der Waals surface area (Å²) < 4.78 is 0. The molecule has 0 amide bonds. The Morgan fingerprint density at radius 3 is 2.62 bits per heavy atom. The molecule has 1 aromatic heterocycles. The van der Waals surface area contributed by atoms with Crippen LogP contribution in [-0.2, 0) is 5.41 Å². The third-order valence-electron chi connectivity index (χ3n) is 4.01. The molecule has 2 N–H and O–H groups in total. The first-order chi connectivity index (χ1) is 11.4. The average molecular weight is 362 g/mol. The quantitative estimate of drug-likeness (QED) is 0.712. The van der Waals surface area contributed by atoms with Gasteiger partial charge in [0.2, 0.25) is 5.95 Å². The lowest BCUT2D eigenvalue weighted by Gasteiger charge is -2.26. The Morgan fingerprint density at radius 2 is 1.88 bits per heavy atom. The molecule has 0 aliphatic heterocycles. The van der Waals surface area contributed by atoms with Gasteiger partial charge in [0.15, 0.2) is 0 Å². The van der Waals surface area contributed by atoms with Gasteiger partial charge in [0.25, 0.3) is 5.56 Å². The van der Waals surface area contributed by atoms with E-state index in [0.29, 0.717) is 33.4 Å². The summed E-state index contributed by atoms with van der Waals surface area (Å²) in [7, 11) is 0. The fourth-order valence-corrected chi connectivity index (χ4v) is 2.79. The number of halogens is 2. The van der Waals surface area contributed by atoms with Gasteiger partial charge in [-0.25, -0.2) is 4.98 Å². The number of para-hydroxylation sites is 1. The van der Waals surface area contributed by atoms with Crippen LogP contribution in [0.3, 0.4) is 0 Å². The van der Waals surface area contributed by atoms with Crippen LogP contribution in [0.15, 0.2) is 47.3 Å². The van der Waals surface area contributed by atoms with Gasteiger partial charge in [0.1, 0.15) is 0 Å². The van der Waals surface area contributed by atoms with Gasteiger partial charge in [-0.1, -0.05) is 55.2 Å². The number of nitrogens with one attached hydrogen (secondary N) is 2. The highest BCUT2D eigenvalue weighted by atomic mass is 35.5. The molecule has 3 aromatic rings. The van der Waals surface area contributed by atoms with Crippen molar-refractivity contribution in [3.05, 3.63) is 68.4 Å². The maximum atomic E-state index is 12.1. The van der Waals surface area contributed by atoms with Crippen LogP contribution in [0, 0.1) is 0 Å². The zero-order valence-corrected chi connectivity index (χ0v) is 14.9. The van der Waals surface area contributed by atoms with Crippen LogP contribution < -0.4 is 10.9 Å². The van der Waals surface area contributed by atoms with Crippen LogP contribution in [0.1, 0.15) is 19.4 Å². The fourth-order valence-electron chi connectivity index (χ4n) is 2.49. The van der Waals surface area contributed by atoms with E-state index in [1.165, 1.54) is 0 Å². The monoisotopic (exact) mass is 361 g/mol. The molecule has 3 rings (SSSR count).